The lowest BCUT2D eigenvalue weighted by Crippen LogP contribution is -2.42. The highest BCUT2D eigenvalue weighted by Gasteiger charge is 2.46. The summed E-state index contributed by atoms with van der Waals surface area (Å²) < 4.78 is 0. The van der Waals surface area contributed by atoms with Crippen molar-refractivity contribution in [2.45, 2.75) is 39.2 Å². The average molecular weight is 430 g/mol. The average Bonchev–Trinajstić information content (AvgIpc) is 3.06. The molecule has 6 heteroatoms. The number of benzene rings is 2. The van der Waals surface area contributed by atoms with Crippen LogP contribution in [0.25, 0.3) is 0 Å². The number of hydrogen-bond donors (Lipinski definition) is 2. The Labute approximate surface area is 185 Å². The molecule has 1 fully saturated rings. The second-order valence-electron chi connectivity index (χ2n) is 8.26. The van der Waals surface area contributed by atoms with Crippen LogP contribution in [-0.4, -0.2) is 35.8 Å². The quantitative estimate of drug-likeness (QED) is 0.676. The number of aryl methyl sites for hydroxylation is 3. The molecule has 3 unspecified atom stereocenters. The number of nitrogens with zero attached hydrogens (tertiary/aromatic N) is 1. The summed E-state index contributed by atoms with van der Waals surface area (Å²) in [5.74, 6) is -1.92. The van der Waals surface area contributed by atoms with Crippen LogP contribution in [0.1, 0.15) is 28.7 Å². The molecule has 0 bridgehead atoms. The summed E-state index contributed by atoms with van der Waals surface area (Å²) in [6, 6.07) is 16.8. The number of amides is 2. The third-order valence-electron chi connectivity index (χ3n) is 6.10. The van der Waals surface area contributed by atoms with Gasteiger partial charge >= 0.3 is 0 Å². The molecular weight excluding hydrogens is 398 g/mol. The van der Waals surface area contributed by atoms with Gasteiger partial charge in [-0.1, -0.05) is 59.7 Å². The summed E-state index contributed by atoms with van der Waals surface area (Å²) in [4.78, 5) is 26.5. The van der Waals surface area contributed by atoms with Crippen molar-refractivity contribution in [3.8, 4) is 0 Å². The van der Waals surface area contributed by atoms with Gasteiger partial charge in [-0.05, 0) is 44.2 Å². The Morgan fingerprint density at radius 1 is 0.867 bits per heavy atom. The topological polar surface area (TPSA) is 89.4 Å². The Morgan fingerprint density at radius 2 is 1.37 bits per heavy atom. The zero-order valence-electron chi connectivity index (χ0n) is 17.7. The number of carbonyl (C=O) groups excluding carboxylic acids is 2. The molecule has 0 aliphatic carbocycles. The molecule has 2 aromatic carbocycles. The lowest BCUT2D eigenvalue weighted by Gasteiger charge is -2.27. The molecule has 3 rings (SSSR count). The van der Waals surface area contributed by atoms with E-state index in [-0.39, 0.29) is 18.4 Å². The monoisotopic (exact) mass is 429 g/mol. The maximum absolute atomic E-state index is 12.2. The lowest BCUT2D eigenvalue weighted by molar-refractivity contribution is -0.130. The number of likely N-dealkylation sites (tertiary alicyclic amines) is 1. The van der Waals surface area contributed by atoms with E-state index in [2.05, 4.69) is 67.3 Å². The molecule has 2 amide bonds. The van der Waals surface area contributed by atoms with Gasteiger partial charge in [-0.15, -0.1) is 12.4 Å². The highest BCUT2D eigenvalue weighted by molar-refractivity contribution is 5.87. The van der Waals surface area contributed by atoms with E-state index in [1.165, 1.54) is 22.3 Å². The fraction of sp³-hybridized carbons (Fsp3) is 0.417. The molecule has 1 saturated heterocycles. The van der Waals surface area contributed by atoms with E-state index in [9.17, 15) is 9.59 Å². The highest BCUT2D eigenvalue weighted by Crippen LogP contribution is 2.33. The molecule has 3 atom stereocenters. The number of primary amides is 2. The zero-order chi connectivity index (χ0) is 21.0. The van der Waals surface area contributed by atoms with Crippen molar-refractivity contribution in [1.82, 2.24) is 4.90 Å². The van der Waals surface area contributed by atoms with Crippen molar-refractivity contribution < 1.29 is 9.59 Å². The maximum Gasteiger partial charge on any atom is 0.222 e. The van der Waals surface area contributed by atoms with Gasteiger partial charge < -0.3 is 11.5 Å². The first-order chi connectivity index (χ1) is 13.8. The van der Waals surface area contributed by atoms with Gasteiger partial charge in [-0.2, -0.15) is 0 Å². The van der Waals surface area contributed by atoms with Crippen molar-refractivity contribution in [2.75, 3.05) is 13.1 Å². The first-order valence-electron chi connectivity index (χ1n) is 10.3. The molecule has 0 aromatic heterocycles. The van der Waals surface area contributed by atoms with E-state index >= 15 is 0 Å². The Bertz CT molecular complexity index is 852. The van der Waals surface area contributed by atoms with Gasteiger partial charge in [0.15, 0.2) is 0 Å². The van der Waals surface area contributed by atoms with Gasteiger partial charge in [0, 0.05) is 19.1 Å². The van der Waals surface area contributed by atoms with Crippen LogP contribution in [0, 0.1) is 25.7 Å². The number of rotatable bonds is 8. The van der Waals surface area contributed by atoms with E-state index < -0.39 is 23.7 Å². The molecule has 5 nitrogen and oxygen atoms in total. The molecule has 4 N–H and O–H groups in total. The predicted molar refractivity (Wildman–Crippen MR) is 122 cm³/mol. The molecule has 0 saturated carbocycles. The van der Waals surface area contributed by atoms with Crippen LogP contribution in [0.4, 0.5) is 0 Å². The molecular formula is C24H32ClN3O2. The molecule has 1 aliphatic rings. The summed E-state index contributed by atoms with van der Waals surface area (Å²) >= 11 is 0. The van der Waals surface area contributed by atoms with E-state index in [1.54, 1.807) is 0 Å². The second-order valence-corrected chi connectivity index (χ2v) is 8.26. The molecule has 0 radical (unpaired) electrons. The van der Waals surface area contributed by atoms with E-state index in [0.29, 0.717) is 6.54 Å². The molecule has 0 spiro atoms. The highest BCUT2D eigenvalue weighted by atomic mass is 35.5. The van der Waals surface area contributed by atoms with Gasteiger partial charge in [-0.25, -0.2) is 0 Å². The lowest BCUT2D eigenvalue weighted by atomic mass is 9.86. The van der Waals surface area contributed by atoms with Crippen LogP contribution in [0.2, 0.25) is 0 Å². The van der Waals surface area contributed by atoms with Gasteiger partial charge in [0.2, 0.25) is 11.8 Å². The molecule has 162 valence electrons. The van der Waals surface area contributed by atoms with Crippen molar-refractivity contribution in [3.05, 3.63) is 70.8 Å². The maximum atomic E-state index is 12.2. The Balaban J connectivity index is 0.00000320. The van der Waals surface area contributed by atoms with Crippen molar-refractivity contribution in [3.63, 3.8) is 0 Å². The summed E-state index contributed by atoms with van der Waals surface area (Å²) in [6.45, 7) is 5.40. The first-order valence-corrected chi connectivity index (χ1v) is 10.3. The fourth-order valence-corrected chi connectivity index (χ4v) is 4.37. The van der Waals surface area contributed by atoms with Gasteiger partial charge in [0.25, 0.3) is 0 Å². The SMILES string of the molecule is Cc1ccc(CCC2C(C(N)=O)C(C(N)=O)CN2CCc2ccc(C)cc2)cc1.Cl. The minimum absolute atomic E-state index is 0. The summed E-state index contributed by atoms with van der Waals surface area (Å²) in [5, 5.41) is 0. The van der Waals surface area contributed by atoms with Crippen LogP contribution < -0.4 is 11.5 Å². The predicted octanol–water partition coefficient (Wildman–Crippen LogP) is 2.79. The van der Waals surface area contributed by atoms with Crippen molar-refractivity contribution in [1.29, 1.82) is 0 Å². The minimum Gasteiger partial charge on any atom is -0.369 e. The van der Waals surface area contributed by atoms with Gasteiger partial charge in [0.1, 0.15) is 0 Å². The van der Waals surface area contributed by atoms with Gasteiger partial charge in [0.05, 0.1) is 11.8 Å². The standard InChI is InChI=1S/C24H31N3O2.ClH/c1-16-3-7-18(8-4-16)11-12-21-22(24(26)29)20(23(25)28)15-27(21)14-13-19-9-5-17(2)6-10-19;/h3-10,20-22H,11-15H2,1-2H3,(H2,25,28)(H2,26,29);1H. The largest absolute Gasteiger partial charge is 0.369 e. The van der Waals surface area contributed by atoms with Crippen LogP contribution >= 0.6 is 12.4 Å². The molecule has 2 aromatic rings. The third kappa shape index (κ3) is 5.83. The van der Waals surface area contributed by atoms with Crippen LogP contribution in [-0.2, 0) is 22.4 Å². The fourth-order valence-electron chi connectivity index (χ4n) is 4.37. The number of halogens is 1. The summed E-state index contributed by atoms with van der Waals surface area (Å²) in [5.41, 5.74) is 16.3. The Morgan fingerprint density at radius 3 is 1.83 bits per heavy atom. The molecule has 30 heavy (non-hydrogen) atoms. The van der Waals surface area contributed by atoms with Crippen LogP contribution in [0.15, 0.2) is 48.5 Å². The van der Waals surface area contributed by atoms with Gasteiger partial charge in [-0.3, -0.25) is 14.5 Å². The van der Waals surface area contributed by atoms with Crippen molar-refractivity contribution in [2.24, 2.45) is 23.3 Å². The molecule has 1 heterocycles. The second kappa shape index (κ2) is 10.6. The molecule has 1 aliphatic heterocycles. The van der Waals surface area contributed by atoms with E-state index in [4.69, 9.17) is 11.5 Å². The first kappa shape index (κ1) is 23.9. The van der Waals surface area contributed by atoms with E-state index in [1.807, 2.05) is 0 Å². The summed E-state index contributed by atoms with van der Waals surface area (Å²) in [6.07, 6.45) is 2.47. The Hall–Kier alpha value is -2.37. The van der Waals surface area contributed by atoms with Crippen molar-refractivity contribution >= 4 is 24.2 Å². The number of hydrogen-bond acceptors (Lipinski definition) is 3. The number of carbonyl (C=O) groups is 2. The minimum atomic E-state index is -0.532. The normalized spacial score (nSPS) is 21.2. The van der Waals surface area contributed by atoms with Crippen LogP contribution in [0.5, 0.6) is 0 Å². The zero-order valence-corrected chi connectivity index (χ0v) is 18.5. The van der Waals surface area contributed by atoms with Crippen LogP contribution in [0.3, 0.4) is 0 Å². The summed E-state index contributed by atoms with van der Waals surface area (Å²) in [7, 11) is 0. The number of nitrogens with two attached hydrogens (primary N) is 2. The van der Waals surface area contributed by atoms with E-state index in [0.717, 1.165) is 25.8 Å². The third-order valence-corrected chi connectivity index (χ3v) is 6.10. The Kier molecular flexibility index (Phi) is 8.44. The smallest absolute Gasteiger partial charge is 0.222 e.